The topological polar surface area (TPSA) is 62.2 Å². The molecule has 0 radical (unpaired) electrons. The smallest absolute Gasteiger partial charge is 0.354 e. The van der Waals surface area contributed by atoms with Crippen LogP contribution in [0.15, 0.2) is 30.3 Å². The van der Waals surface area contributed by atoms with Crippen molar-refractivity contribution in [3.05, 3.63) is 57.9 Å². The molecule has 0 amide bonds. The number of pyridine rings is 1. The van der Waals surface area contributed by atoms with Gasteiger partial charge in [0.15, 0.2) is 0 Å². The predicted molar refractivity (Wildman–Crippen MR) is 93.8 cm³/mol. The van der Waals surface area contributed by atoms with Gasteiger partial charge in [0.1, 0.15) is 5.69 Å². The Labute approximate surface area is 145 Å². The molecule has 24 heavy (non-hydrogen) atoms. The highest BCUT2D eigenvalue weighted by molar-refractivity contribution is 6.30. The molecule has 0 unspecified atom stereocenters. The molecule has 3 atom stereocenters. The van der Waals surface area contributed by atoms with E-state index in [-0.39, 0.29) is 11.7 Å². The first-order valence-electron chi connectivity index (χ1n) is 8.31. The Morgan fingerprint density at radius 3 is 2.83 bits per heavy atom. The third kappa shape index (κ3) is 2.46. The van der Waals surface area contributed by atoms with Crippen molar-refractivity contribution < 1.29 is 9.90 Å². The molecule has 4 nitrogen and oxygen atoms in total. The van der Waals surface area contributed by atoms with Gasteiger partial charge in [-0.05, 0) is 67.0 Å². The lowest BCUT2D eigenvalue weighted by atomic mass is 9.77. The van der Waals surface area contributed by atoms with Crippen LogP contribution < -0.4 is 5.32 Å². The summed E-state index contributed by atoms with van der Waals surface area (Å²) in [7, 11) is 0. The van der Waals surface area contributed by atoms with Gasteiger partial charge >= 0.3 is 5.97 Å². The van der Waals surface area contributed by atoms with Crippen LogP contribution in [0, 0.1) is 12.8 Å². The number of rotatable bonds is 2. The molecule has 0 spiro atoms. The average Bonchev–Trinajstić information content (AvgIpc) is 3.04. The van der Waals surface area contributed by atoms with Gasteiger partial charge in [-0.3, -0.25) is 0 Å². The quantitative estimate of drug-likeness (QED) is 0.823. The van der Waals surface area contributed by atoms with Crippen molar-refractivity contribution in [1.82, 2.24) is 4.98 Å². The van der Waals surface area contributed by atoms with E-state index in [9.17, 15) is 4.79 Å². The zero-order valence-electron chi connectivity index (χ0n) is 13.4. The Balaban J connectivity index is 1.77. The summed E-state index contributed by atoms with van der Waals surface area (Å²) in [6.07, 6.45) is 3.55. The molecular formula is C19H19ClN2O2. The number of carboxylic acid groups (broad SMARTS) is 1. The summed E-state index contributed by atoms with van der Waals surface area (Å²) < 4.78 is 0. The van der Waals surface area contributed by atoms with Crippen LogP contribution in [0.3, 0.4) is 0 Å². The van der Waals surface area contributed by atoms with Gasteiger partial charge in [0.25, 0.3) is 0 Å². The number of carbonyl (C=O) groups is 1. The van der Waals surface area contributed by atoms with Crippen LogP contribution in [0.2, 0.25) is 5.02 Å². The number of nitrogens with zero attached hydrogens (tertiary/aromatic N) is 1. The Bertz CT molecular complexity index is 821. The van der Waals surface area contributed by atoms with Crippen LogP contribution in [0.25, 0.3) is 0 Å². The third-order valence-corrected chi connectivity index (χ3v) is 5.64. The third-order valence-electron chi connectivity index (χ3n) is 5.40. The second-order valence-electron chi connectivity index (χ2n) is 6.73. The SMILES string of the molecule is Cc1nc(C(=O)O)ccc1[C@@H]1Nc2ccc(Cl)cc2[C@@H]2CCC[C@@H]21. The van der Waals surface area contributed by atoms with Gasteiger partial charge < -0.3 is 10.4 Å². The van der Waals surface area contributed by atoms with E-state index in [0.29, 0.717) is 11.8 Å². The summed E-state index contributed by atoms with van der Waals surface area (Å²) >= 11 is 6.20. The number of nitrogens with one attached hydrogen (secondary N) is 1. The van der Waals surface area contributed by atoms with E-state index < -0.39 is 5.97 Å². The number of aromatic nitrogens is 1. The Morgan fingerprint density at radius 2 is 2.08 bits per heavy atom. The average molecular weight is 343 g/mol. The maximum atomic E-state index is 11.1. The van der Waals surface area contributed by atoms with E-state index in [1.165, 1.54) is 18.4 Å². The minimum absolute atomic E-state index is 0.0993. The number of benzene rings is 1. The zero-order chi connectivity index (χ0) is 16.8. The lowest BCUT2D eigenvalue weighted by molar-refractivity contribution is 0.0690. The van der Waals surface area contributed by atoms with E-state index in [1.807, 2.05) is 25.1 Å². The summed E-state index contributed by atoms with van der Waals surface area (Å²) in [4.78, 5) is 15.4. The van der Waals surface area contributed by atoms with Gasteiger partial charge in [0.05, 0.1) is 6.04 Å². The number of aryl methyl sites for hydroxylation is 1. The minimum atomic E-state index is -0.986. The predicted octanol–water partition coefficient (Wildman–Crippen LogP) is 4.79. The number of carboxylic acids is 1. The molecule has 1 aromatic heterocycles. The standard InChI is InChI=1S/C19H19ClN2O2/c1-10-12(6-8-17(21-10)19(23)24)18-14-4-2-3-13(14)15-9-11(20)5-7-16(15)22-18/h5-9,13-14,18,22H,2-4H2,1H3,(H,23,24)/t13-,14+,18+/m1/s1. The van der Waals surface area contributed by atoms with Crippen molar-refractivity contribution >= 4 is 23.3 Å². The molecule has 5 heteroatoms. The molecule has 0 saturated heterocycles. The van der Waals surface area contributed by atoms with Gasteiger partial charge in [-0.15, -0.1) is 0 Å². The summed E-state index contributed by atoms with van der Waals surface area (Å²) in [5.41, 5.74) is 4.43. The maximum absolute atomic E-state index is 11.1. The molecule has 2 aliphatic rings. The fourth-order valence-corrected chi connectivity index (χ4v) is 4.53. The highest BCUT2D eigenvalue weighted by Gasteiger charge is 2.40. The molecule has 1 aromatic carbocycles. The molecule has 1 aliphatic carbocycles. The molecule has 124 valence electrons. The van der Waals surface area contributed by atoms with Crippen molar-refractivity contribution in [3.8, 4) is 0 Å². The second kappa shape index (κ2) is 5.78. The van der Waals surface area contributed by atoms with Crippen LogP contribution >= 0.6 is 11.6 Å². The molecule has 2 N–H and O–H groups in total. The molecule has 0 bridgehead atoms. The number of anilines is 1. The largest absolute Gasteiger partial charge is 0.477 e. The zero-order valence-corrected chi connectivity index (χ0v) is 14.2. The summed E-state index contributed by atoms with van der Waals surface area (Å²) in [5, 5.41) is 13.6. The highest BCUT2D eigenvalue weighted by atomic mass is 35.5. The molecular weight excluding hydrogens is 324 g/mol. The van der Waals surface area contributed by atoms with Gasteiger partial charge in [0, 0.05) is 16.4 Å². The Kier molecular flexibility index (Phi) is 3.72. The monoisotopic (exact) mass is 342 g/mol. The minimum Gasteiger partial charge on any atom is -0.477 e. The van der Waals surface area contributed by atoms with Gasteiger partial charge in [0.2, 0.25) is 0 Å². The highest BCUT2D eigenvalue weighted by Crippen LogP contribution is 2.53. The molecule has 1 saturated carbocycles. The van der Waals surface area contributed by atoms with Gasteiger partial charge in [-0.25, -0.2) is 9.78 Å². The van der Waals surface area contributed by atoms with Crippen LogP contribution in [0.1, 0.15) is 58.5 Å². The number of hydrogen-bond donors (Lipinski definition) is 2. The van der Waals surface area contributed by atoms with E-state index >= 15 is 0 Å². The lowest BCUT2D eigenvalue weighted by Gasteiger charge is -2.38. The fourth-order valence-electron chi connectivity index (χ4n) is 4.35. The molecule has 2 heterocycles. The Morgan fingerprint density at radius 1 is 1.25 bits per heavy atom. The van der Waals surface area contributed by atoms with E-state index in [2.05, 4.69) is 16.4 Å². The van der Waals surface area contributed by atoms with Crippen LogP contribution in [-0.4, -0.2) is 16.1 Å². The van der Waals surface area contributed by atoms with Crippen molar-refractivity contribution in [1.29, 1.82) is 0 Å². The van der Waals surface area contributed by atoms with Gasteiger partial charge in [-0.2, -0.15) is 0 Å². The summed E-state index contributed by atoms with van der Waals surface area (Å²) in [5.74, 6) is 0.00984. The summed E-state index contributed by atoms with van der Waals surface area (Å²) in [6.45, 7) is 1.89. The number of fused-ring (bicyclic) bond motifs is 3. The molecule has 2 aromatic rings. The van der Waals surface area contributed by atoms with Crippen LogP contribution in [0.5, 0.6) is 0 Å². The normalized spacial score (nSPS) is 24.8. The first kappa shape index (κ1) is 15.5. The molecule has 1 aliphatic heterocycles. The van der Waals surface area contributed by atoms with Crippen LogP contribution in [-0.2, 0) is 0 Å². The van der Waals surface area contributed by atoms with Crippen LogP contribution in [0.4, 0.5) is 5.69 Å². The molecule has 1 fully saturated rings. The van der Waals surface area contributed by atoms with E-state index in [0.717, 1.165) is 28.4 Å². The molecule has 4 rings (SSSR count). The number of hydrogen-bond acceptors (Lipinski definition) is 3. The maximum Gasteiger partial charge on any atom is 0.354 e. The first-order valence-corrected chi connectivity index (χ1v) is 8.69. The van der Waals surface area contributed by atoms with E-state index in [4.69, 9.17) is 16.7 Å². The van der Waals surface area contributed by atoms with Crippen molar-refractivity contribution in [2.45, 2.75) is 38.1 Å². The number of halogens is 1. The fraction of sp³-hybridized carbons (Fsp3) is 0.368. The van der Waals surface area contributed by atoms with Crippen molar-refractivity contribution in [2.24, 2.45) is 5.92 Å². The van der Waals surface area contributed by atoms with Gasteiger partial charge in [-0.1, -0.05) is 24.1 Å². The summed E-state index contributed by atoms with van der Waals surface area (Å²) in [6, 6.07) is 9.74. The van der Waals surface area contributed by atoms with E-state index in [1.54, 1.807) is 6.07 Å². The Hall–Kier alpha value is -2.07. The second-order valence-corrected chi connectivity index (χ2v) is 7.17. The first-order chi connectivity index (χ1) is 11.5. The van der Waals surface area contributed by atoms with Crippen molar-refractivity contribution in [3.63, 3.8) is 0 Å². The lowest BCUT2D eigenvalue weighted by Crippen LogP contribution is -2.29. The number of aromatic carboxylic acids is 1. The van der Waals surface area contributed by atoms with Crippen molar-refractivity contribution in [2.75, 3.05) is 5.32 Å².